The topological polar surface area (TPSA) is 12.0 Å². The van der Waals surface area contributed by atoms with Crippen molar-refractivity contribution < 1.29 is 0 Å². The molecular weight excluding hydrogens is 198 g/mol. The molecule has 1 unspecified atom stereocenters. The van der Waals surface area contributed by atoms with Crippen molar-refractivity contribution in [3.05, 3.63) is 29.3 Å². The van der Waals surface area contributed by atoms with E-state index >= 15 is 0 Å². The molecule has 0 bridgehead atoms. The summed E-state index contributed by atoms with van der Waals surface area (Å²) in [5.74, 6) is 0.635. The molecule has 0 heterocycles. The van der Waals surface area contributed by atoms with Gasteiger partial charge in [0.05, 0.1) is 0 Å². The molecule has 1 N–H and O–H groups in total. The third-order valence-electron chi connectivity index (χ3n) is 3.07. The van der Waals surface area contributed by atoms with Crippen LogP contribution in [-0.4, -0.2) is 17.3 Å². The van der Waals surface area contributed by atoms with E-state index in [-0.39, 0.29) is 0 Å². The normalized spacial score (nSPS) is 13.4. The van der Waals surface area contributed by atoms with Crippen molar-refractivity contribution in [3.63, 3.8) is 0 Å². The lowest BCUT2D eigenvalue weighted by Crippen LogP contribution is -2.22. The monoisotopic (exact) mass is 221 g/mol. The highest BCUT2D eigenvalue weighted by atomic mass is 28.1. The maximum atomic E-state index is 3.41. The zero-order chi connectivity index (χ0) is 11.4. The molecule has 15 heavy (non-hydrogen) atoms. The highest BCUT2D eigenvalue weighted by molar-refractivity contribution is 6.33. The molecular formula is C13H23NSi. The zero-order valence-electron chi connectivity index (χ0n) is 10.6. The lowest BCUT2D eigenvalue weighted by molar-refractivity contribution is 0.568. The predicted molar refractivity (Wildman–Crippen MR) is 72.2 cm³/mol. The molecule has 0 aliphatic carbocycles. The van der Waals surface area contributed by atoms with E-state index in [9.17, 15) is 0 Å². The van der Waals surface area contributed by atoms with Crippen LogP contribution in [0, 0.1) is 0 Å². The van der Waals surface area contributed by atoms with Gasteiger partial charge in [0.2, 0.25) is 0 Å². The van der Waals surface area contributed by atoms with Gasteiger partial charge in [-0.1, -0.05) is 44.2 Å². The van der Waals surface area contributed by atoms with E-state index in [0.29, 0.717) is 12.0 Å². The van der Waals surface area contributed by atoms with Gasteiger partial charge < -0.3 is 5.32 Å². The van der Waals surface area contributed by atoms with Crippen LogP contribution in [0.25, 0.3) is 0 Å². The number of hydrogen-bond donors (Lipinski definition) is 1. The lowest BCUT2D eigenvalue weighted by Gasteiger charge is -2.22. The Kier molecular flexibility index (Phi) is 4.55. The summed E-state index contributed by atoms with van der Waals surface area (Å²) in [7, 11) is 3.20. The minimum atomic E-state index is 0.510. The van der Waals surface area contributed by atoms with Gasteiger partial charge in [0.1, 0.15) is 0 Å². The van der Waals surface area contributed by atoms with E-state index in [1.54, 1.807) is 10.8 Å². The number of hydrogen-bond acceptors (Lipinski definition) is 1. The summed E-state index contributed by atoms with van der Waals surface area (Å²) in [6, 6.07) is 7.26. The standard InChI is InChI=1S/C13H23NSi/c1-5-11(14-4)10-7-6-8-12(15)13(10)9(2)3/h6-9,11,14H,5H2,1-4,15H3. The molecule has 1 aromatic carbocycles. The first-order valence-corrected chi connectivity index (χ1v) is 6.88. The van der Waals surface area contributed by atoms with Gasteiger partial charge in [0.15, 0.2) is 0 Å². The highest BCUT2D eigenvalue weighted by Crippen LogP contribution is 2.24. The summed E-state index contributed by atoms with van der Waals surface area (Å²) >= 11 is 0. The number of benzene rings is 1. The third kappa shape index (κ3) is 2.70. The largest absolute Gasteiger partial charge is 0.313 e. The second-order valence-corrected chi connectivity index (χ2v) is 5.56. The molecule has 0 aromatic heterocycles. The average Bonchev–Trinajstić information content (AvgIpc) is 2.19. The van der Waals surface area contributed by atoms with Gasteiger partial charge in [-0.05, 0) is 30.5 Å². The van der Waals surface area contributed by atoms with Crippen LogP contribution in [0.2, 0.25) is 0 Å². The first-order chi connectivity index (χ1) is 7.11. The van der Waals surface area contributed by atoms with Crippen molar-refractivity contribution in [2.24, 2.45) is 0 Å². The second-order valence-electron chi connectivity index (χ2n) is 4.48. The molecule has 1 nitrogen and oxygen atoms in total. The fourth-order valence-electron chi connectivity index (χ4n) is 2.38. The lowest BCUT2D eigenvalue weighted by atomic mass is 9.91. The smallest absolute Gasteiger partial charge is 0.0388 e. The molecule has 0 amide bonds. The van der Waals surface area contributed by atoms with Gasteiger partial charge in [-0.2, -0.15) is 0 Å². The summed E-state index contributed by atoms with van der Waals surface area (Å²) in [5, 5.41) is 4.96. The van der Waals surface area contributed by atoms with E-state index in [2.05, 4.69) is 51.3 Å². The fourth-order valence-corrected chi connectivity index (χ4v) is 3.43. The van der Waals surface area contributed by atoms with E-state index < -0.39 is 0 Å². The van der Waals surface area contributed by atoms with E-state index in [0.717, 1.165) is 16.7 Å². The van der Waals surface area contributed by atoms with Crippen molar-refractivity contribution in [1.82, 2.24) is 5.32 Å². The van der Waals surface area contributed by atoms with E-state index in [1.165, 1.54) is 5.56 Å². The molecule has 0 aliphatic heterocycles. The summed E-state index contributed by atoms with van der Waals surface area (Å²) < 4.78 is 0. The summed E-state index contributed by atoms with van der Waals surface area (Å²) in [6.45, 7) is 6.83. The van der Waals surface area contributed by atoms with Crippen LogP contribution in [0.5, 0.6) is 0 Å². The minimum absolute atomic E-state index is 0.510. The van der Waals surface area contributed by atoms with Crippen LogP contribution in [0.3, 0.4) is 0 Å². The van der Waals surface area contributed by atoms with E-state index in [4.69, 9.17) is 0 Å². The molecule has 0 fully saturated rings. The number of nitrogens with one attached hydrogen (secondary N) is 1. The van der Waals surface area contributed by atoms with Crippen molar-refractivity contribution in [2.45, 2.75) is 39.2 Å². The van der Waals surface area contributed by atoms with Gasteiger partial charge in [0, 0.05) is 16.3 Å². The van der Waals surface area contributed by atoms with Crippen LogP contribution in [0.4, 0.5) is 0 Å². The second kappa shape index (κ2) is 5.47. The Labute approximate surface area is 96.7 Å². The molecule has 1 aromatic rings. The van der Waals surface area contributed by atoms with E-state index in [1.807, 2.05) is 0 Å². The predicted octanol–water partition coefficient (Wildman–Crippen LogP) is 1.47. The van der Waals surface area contributed by atoms with Gasteiger partial charge >= 0.3 is 0 Å². The van der Waals surface area contributed by atoms with Gasteiger partial charge in [-0.15, -0.1) is 0 Å². The molecule has 1 atom stereocenters. The van der Waals surface area contributed by atoms with Gasteiger partial charge in [-0.3, -0.25) is 0 Å². The molecule has 0 saturated heterocycles. The fraction of sp³-hybridized carbons (Fsp3) is 0.538. The Hall–Kier alpha value is -0.603. The maximum absolute atomic E-state index is 3.41. The average molecular weight is 221 g/mol. The molecule has 0 aliphatic rings. The van der Waals surface area contributed by atoms with Crippen LogP contribution in [0.1, 0.15) is 50.3 Å². The minimum Gasteiger partial charge on any atom is -0.313 e. The first-order valence-electron chi connectivity index (χ1n) is 5.88. The number of rotatable bonds is 4. The van der Waals surface area contributed by atoms with Crippen LogP contribution in [0.15, 0.2) is 18.2 Å². The van der Waals surface area contributed by atoms with Crippen LogP contribution in [-0.2, 0) is 0 Å². The SMILES string of the molecule is CCC(NC)c1cccc([SiH3])c1C(C)C. The highest BCUT2D eigenvalue weighted by Gasteiger charge is 2.14. The first kappa shape index (κ1) is 12.5. The van der Waals surface area contributed by atoms with Crippen molar-refractivity contribution >= 4 is 15.4 Å². The molecule has 1 rings (SSSR count). The molecule has 84 valence electrons. The zero-order valence-corrected chi connectivity index (χ0v) is 12.6. The Balaban J connectivity index is 3.21. The van der Waals surface area contributed by atoms with Crippen molar-refractivity contribution in [3.8, 4) is 0 Å². The Morgan fingerprint density at radius 3 is 2.47 bits per heavy atom. The summed E-state index contributed by atoms with van der Waals surface area (Å²) in [6.07, 6.45) is 1.15. The van der Waals surface area contributed by atoms with Crippen molar-refractivity contribution in [2.75, 3.05) is 7.05 Å². The Morgan fingerprint density at radius 1 is 1.33 bits per heavy atom. The molecule has 0 saturated carbocycles. The third-order valence-corrected chi connectivity index (χ3v) is 3.94. The summed E-state index contributed by atoms with van der Waals surface area (Å²) in [4.78, 5) is 0. The quantitative estimate of drug-likeness (QED) is 0.759. The van der Waals surface area contributed by atoms with Crippen LogP contribution >= 0.6 is 0 Å². The summed E-state index contributed by atoms with van der Waals surface area (Å²) in [5.41, 5.74) is 3.08. The van der Waals surface area contributed by atoms with Crippen LogP contribution < -0.4 is 10.5 Å². The van der Waals surface area contributed by atoms with Crippen molar-refractivity contribution in [1.29, 1.82) is 0 Å². The Morgan fingerprint density at radius 2 is 2.00 bits per heavy atom. The van der Waals surface area contributed by atoms with Gasteiger partial charge in [0.25, 0.3) is 0 Å². The van der Waals surface area contributed by atoms with Gasteiger partial charge in [-0.25, -0.2) is 0 Å². The Bertz CT molecular complexity index is 316. The molecule has 2 heteroatoms. The molecule has 0 radical (unpaired) electrons. The maximum Gasteiger partial charge on any atom is 0.0388 e. The molecule has 0 spiro atoms.